The monoisotopic (exact) mass is 171 g/mol. The van der Waals surface area contributed by atoms with Crippen LogP contribution in [-0.4, -0.2) is 4.92 Å². The quantitative estimate of drug-likeness (QED) is 0.455. The first kappa shape index (κ1) is 11.1. The molecule has 0 spiro atoms. The number of unbranched alkanes of at least 4 members (excludes halogenated alkanes) is 1. The van der Waals surface area contributed by atoms with E-state index in [0.29, 0.717) is 5.92 Å². The van der Waals surface area contributed by atoms with E-state index >= 15 is 0 Å². The Bertz CT molecular complexity index is 155. The minimum atomic E-state index is -0.394. The maximum Gasteiger partial charge on any atom is 0.230 e. The summed E-state index contributed by atoms with van der Waals surface area (Å²) in [6.07, 6.45) is 7.13. The standard InChI is InChI=1S/C9H17NO2/c1-3-5-6-9(4-2)7-8-10(11)12/h7-9H,3-6H2,1-2H3/b8-7+. The zero-order chi connectivity index (χ0) is 9.40. The fraction of sp³-hybridized carbons (Fsp3) is 0.778. The lowest BCUT2D eigenvalue weighted by Gasteiger charge is -2.06. The van der Waals surface area contributed by atoms with Gasteiger partial charge < -0.3 is 0 Å². The highest BCUT2D eigenvalue weighted by Crippen LogP contribution is 2.13. The highest BCUT2D eigenvalue weighted by Gasteiger charge is 2.02. The van der Waals surface area contributed by atoms with Crippen LogP contribution in [0.25, 0.3) is 0 Å². The number of nitro groups is 1. The van der Waals surface area contributed by atoms with Crippen molar-refractivity contribution in [2.45, 2.75) is 39.5 Å². The molecule has 0 aromatic heterocycles. The van der Waals surface area contributed by atoms with Crippen molar-refractivity contribution in [1.29, 1.82) is 0 Å². The Morgan fingerprint density at radius 3 is 2.58 bits per heavy atom. The molecule has 3 nitrogen and oxygen atoms in total. The number of rotatable bonds is 6. The van der Waals surface area contributed by atoms with Gasteiger partial charge in [0.05, 0.1) is 4.92 Å². The topological polar surface area (TPSA) is 43.1 Å². The largest absolute Gasteiger partial charge is 0.259 e. The van der Waals surface area contributed by atoms with Crippen LogP contribution in [0.5, 0.6) is 0 Å². The third-order valence-electron chi connectivity index (χ3n) is 1.93. The fourth-order valence-electron chi connectivity index (χ4n) is 1.09. The molecule has 0 bridgehead atoms. The molecule has 0 aliphatic carbocycles. The molecule has 0 fully saturated rings. The molecule has 12 heavy (non-hydrogen) atoms. The lowest BCUT2D eigenvalue weighted by Crippen LogP contribution is -1.95. The van der Waals surface area contributed by atoms with Crippen molar-refractivity contribution in [2.75, 3.05) is 0 Å². The second kappa shape index (κ2) is 6.83. The second-order valence-electron chi connectivity index (χ2n) is 2.94. The number of hydrogen-bond donors (Lipinski definition) is 0. The van der Waals surface area contributed by atoms with E-state index in [-0.39, 0.29) is 0 Å². The summed E-state index contributed by atoms with van der Waals surface area (Å²) in [7, 11) is 0. The first-order valence-corrected chi connectivity index (χ1v) is 4.52. The smallest absolute Gasteiger partial charge is 0.230 e. The first-order valence-electron chi connectivity index (χ1n) is 4.52. The average Bonchev–Trinajstić information content (AvgIpc) is 2.05. The lowest BCUT2D eigenvalue weighted by molar-refractivity contribution is -0.402. The van der Waals surface area contributed by atoms with Crippen molar-refractivity contribution in [3.8, 4) is 0 Å². The molecule has 0 aromatic carbocycles. The van der Waals surface area contributed by atoms with E-state index in [4.69, 9.17) is 0 Å². The van der Waals surface area contributed by atoms with Crippen molar-refractivity contribution in [1.82, 2.24) is 0 Å². The van der Waals surface area contributed by atoms with Gasteiger partial charge in [-0.1, -0.05) is 26.7 Å². The van der Waals surface area contributed by atoms with Crippen LogP contribution >= 0.6 is 0 Å². The van der Waals surface area contributed by atoms with Crippen molar-refractivity contribution in [2.24, 2.45) is 5.92 Å². The third kappa shape index (κ3) is 5.89. The molecule has 1 unspecified atom stereocenters. The Morgan fingerprint density at radius 1 is 1.50 bits per heavy atom. The minimum Gasteiger partial charge on any atom is -0.259 e. The third-order valence-corrected chi connectivity index (χ3v) is 1.93. The van der Waals surface area contributed by atoms with Gasteiger partial charge in [-0.2, -0.15) is 0 Å². The second-order valence-corrected chi connectivity index (χ2v) is 2.94. The van der Waals surface area contributed by atoms with Gasteiger partial charge in [0.25, 0.3) is 0 Å². The summed E-state index contributed by atoms with van der Waals surface area (Å²) in [6.45, 7) is 4.19. The van der Waals surface area contributed by atoms with Crippen LogP contribution in [0, 0.1) is 16.0 Å². The van der Waals surface area contributed by atoms with Crippen molar-refractivity contribution < 1.29 is 4.92 Å². The number of nitrogens with zero attached hydrogens (tertiary/aromatic N) is 1. The van der Waals surface area contributed by atoms with Crippen LogP contribution < -0.4 is 0 Å². The summed E-state index contributed by atoms with van der Waals surface area (Å²) in [6, 6.07) is 0. The molecule has 0 aromatic rings. The molecule has 0 heterocycles. The molecule has 0 aliphatic heterocycles. The van der Waals surface area contributed by atoms with E-state index in [1.54, 1.807) is 6.08 Å². The normalized spacial score (nSPS) is 13.5. The molecule has 0 aliphatic rings. The average molecular weight is 171 g/mol. The van der Waals surface area contributed by atoms with Crippen LogP contribution in [0.2, 0.25) is 0 Å². The van der Waals surface area contributed by atoms with Crippen molar-refractivity contribution >= 4 is 0 Å². The zero-order valence-electron chi connectivity index (χ0n) is 7.82. The SMILES string of the molecule is CCCCC(/C=C/[N+](=O)[O-])CC. The summed E-state index contributed by atoms with van der Waals surface area (Å²) in [5, 5.41) is 10.0. The molecule has 0 saturated carbocycles. The molecular weight excluding hydrogens is 154 g/mol. The Labute approximate surface area is 73.6 Å². The molecule has 0 saturated heterocycles. The summed E-state index contributed by atoms with van der Waals surface area (Å²) in [5.41, 5.74) is 0. The Balaban J connectivity index is 3.73. The van der Waals surface area contributed by atoms with Crippen molar-refractivity contribution in [3.63, 3.8) is 0 Å². The molecule has 0 amide bonds. The van der Waals surface area contributed by atoms with Gasteiger partial charge >= 0.3 is 0 Å². The van der Waals surface area contributed by atoms with E-state index in [1.807, 2.05) is 0 Å². The Kier molecular flexibility index (Phi) is 6.34. The van der Waals surface area contributed by atoms with Crippen LogP contribution in [0.4, 0.5) is 0 Å². The van der Waals surface area contributed by atoms with E-state index < -0.39 is 4.92 Å². The van der Waals surface area contributed by atoms with Gasteiger partial charge in [0.2, 0.25) is 6.20 Å². The predicted molar refractivity (Wildman–Crippen MR) is 49.4 cm³/mol. The van der Waals surface area contributed by atoms with Crippen LogP contribution in [-0.2, 0) is 0 Å². The lowest BCUT2D eigenvalue weighted by atomic mass is 10.00. The van der Waals surface area contributed by atoms with Gasteiger partial charge in [-0.25, -0.2) is 0 Å². The van der Waals surface area contributed by atoms with Crippen LogP contribution in [0.3, 0.4) is 0 Å². The zero-order valence-corrected chi connectivity index (χ0v) is 7.82. The van der Waals surface area contributed by atoms with E-state index in [9.17, 15) is 10.1 Å². The maximum absolute atomic E-state index is 10.0. The van der Waals surface area contributed by atoms with Gasteiger partial charge in [-0.15, -0.1) is 0 Å². The van der Waals surface area contributed by atoms with Crippen LogP contribution in [0.1, 0.15) is 39.5 Å². The maximum atomic E-state index is 10.0. The highest BCUT2D eigenvalue weighted by molar-refractivity contribution is 4.81. The molecule has 1 atom stereocenters. The molecule has 70 valence electrons. The van der Waals surface area contributed by atoms with Gasteiger partial charge in [0.1, 0.15) is 0 Å². The van der Waals surface area contributed by atoms with E-state index in [0.717, 1.165) is 31.9 Å². The predicted octanol–water partition coefficient (Wildman–Crippen LogP) is 2.99. The van der Waals surface area contributed by atoms with Gasteiger partial charge in [-0.05, 0) is 24.8 Å². The van der Waals surface area contributed by atoms with Crippen LogP contribution in [0.15, 0.2) is 12.3 Å². The van der Waals surface area contributed by atoms with E-state index in [2.05, 4.69) is 13.8 Å². The Hall–Kier alpha value is -0.860. The fourth-order valence-corrected chi connectivity index (χ4v) is 1.09. The first-order chi connectivity index (χ1) is 5.70. The molecule has 3 heteroatoms. The number of allylic oxidation sites excluding steroid dienone is 1. The van der Waals surface area contributed by atoms with Crippen molar-refractivity contribution in [3.05, 3.63) is 22.4 Å². The number of hydrogen-bond acceptors (Lipinski definition) is 2. The molecule has 0 radical (unpaired) electrons. The summed E-state index contributed by atoms with van der Waals surface area (Å²) >= 11 is 0. The van der Waals surface area contributed by atoms with Gasteiger partial charge in [0, 0.05) is 0 Å². The highest BCUT2D eigenvalue weighted by atomic mass is 16.6. The Morgan fingerprint density at radius 2 is 2.17 bits per heavy atom. The van der Waals surface area contributed by atoms with Gasteiger partial charge in [-0.3, -0.25) is 10.1 Å². The minimum absolute atomic E-state index is 0.385. The molecule has 0 rings (SSSR count). The summed E-state index contributed by atoms with van der Waals surface area (Å²) < 4.78 is 0. The summed E-state index contributed by atoms with van der Waals surface area (Å²) in [5.74, 6) is 0.385. The molecular formula is C9H17NO2. The van der Waals surface area contributed by atoms with E-state index in [1.165, 1.54) is 0 Å². The summed E-state index contributed by atoms with van der Waals surface area (Å²) in [4.78, 5) is 9.62. The molecule has 0 N–H and O–H groups in total. The van der Waals surface area contributed by atoms with Gasteiger partial charge in [0.15, 0.2) is 0 Å².